The van der Waals surface area contributed by atoms with Crippen molar-refractivity contribution < 1.29 is 4.79 Å². The fourth-order valence-corrected chi connectivity index (χ4v) is 1.05. The summed E-state index contributed by atoms with van der Waals surface area (Å²) in [5.41, 5.74) is 0. The molecular formula is C7H10N8O. The Kier molecular flexibility index (Phi) is 3.07. The Morgan fingerprint density at radius 2 is 1.88 bits per heavy atom. The minimum atomic E-state index is -0.163. The Morgan fingerprint density at radius 1 is 1.19 bits per heavy atom. The van der Waals surface area contributed by atoms with Crippen LogP contribution in [0, 0.1) is 0 Å². The molecule has 9 nitrogen and oxygen atoms in total. The molecule has 0 saturated heterocycles. The van der Waals surface area contributed by atoms with Crippen LogP contribution in [0.4, 0.5) is 11.9 Å². The topological polar surface area (TPSA) is 124 Å². The maximum atomic E-state index is 11.4. The predicted octanol–water partition coefficient (Wildman–Crippen LogP) is -0.637. The average molecular weight is 222 g/mol. The smallest absolute Gasteiger partial charge is 0.228 e. The zero-order chi connectivity index (χ0) is 11.2. The van der Waals surface area contributed by atoms with E-state index in [0.29, 0.717) is 24.9 Å². The van der Waals surface area contributed by atoms with E-state index in [1.165, 1.54) is 12.7 Å². The van der Waals surface area contributed by atoms with Crippen molar-refractivity contribution in [3.05, 3.63) is 12.7 Å². The highest BCUT2D eigenvalue weighted by Crippen LogP contribution is 1.96. The second-order valence-corrected chi connectivity index (χ2v) is 2.89. The van der Waals surface area contributed by atoms with Gasteiger partial charge < -0.3 is 5.32 Å². The number of nitrogens with one attached hydrogen (secondary N) is 4. The highest BCUT2D eigenvalue weighted by molar-refractivity contribution is 5.89. The molecule has 84 valence electrons. The maximum Gasteiger partial charge on any atom is 0.228 e. The predicted molar refractivity (Wildman–Crippen MR) is 54.5 cm³/mol. The molecule has 0 aromatic carbocycles. The Hall–Kier alpha value is -2.45. The van der Waals surface area contributed by atoms with Gasteiger partial charge in [-0.2, -0.15) is 15.2 Å². The van der Waals surface area contributed by atoms with Gasteiger partial charge in [0.25, 0.3) is 0 Å². The molecule has 4 N–H and O–H groups in total. The number of amides is 1. The van der Waals surface area contributed by atoms with E-state index in [9.17, 15) is 4.79 Å². The van der Waals surface area contributed by atoms with Gasteiger partial charge in [-0.25, -0.2) is 15.2 Å². The zero-order valence-electron chi connectivity index (χ0n) is 8.27. The highest BCUT2D eigenvalue weighted by Gasteiger charge is 2.03. The number of nitrogens with zero attached hydrogens (tertiary/aromatic N) is 4. The molecule has 0 saturated carbocycles. The summed E-state index contributed by atoms with van der Waals surface area (Å²) in [7, 11) is 0. The number of anilines is 2. The molecule has 2 heterocycles. The second-order valence-electron chi connectivity index (χ2n) is 2.89. The van der Waals surface area contributed by atoms with Gasteiger partial charge in [0.2, 0.25) is 17.8 Å². The average Bonchev–Trinajstić information content (AvgIpc) is 2.90. The van der Waals surface area contributed by atoms with Gasteiger partial charge in [-0.05, 0) is 0 Å². The van der Waals surface area contributed by atoms with Crippen LogP contribution in [0.3, 0.4) is 0 Å². The standard InChI is InChI=1S/C7H10N8O/c16-5(13-7-10-4-12-15-7)1-2-8-6-9-3-11-14-6/h3-4H,1-2H2,(H2,8,9,11,14)(H2,10,12,13,15,16). The Balaban J connectivity index is 1.68. The van der Waals surface area contributed by atoms with Crippen molar-refractivity contribution in [2.24, 2.45) is 0 Å². The van der Waals surface area contributed by atoms with Crippen LogP contribution in [0.25, 0.3) is 0 Å². The van der Waals surface area contributed by atoms with Gasteiger partial charge in [0.05, 0.1) is 0 Å². The van der Waals surface area contributed by atoms with Gasteiger partial charge in [-0.1, -0.05) is 0 Å². The fourth-order valence-electron chi connectivity index (χ4n) is 1.05. The van der Waals surface area contributed by atoms with Crippen LogP contribution >= 0.6 is 0 Å². The molecule has 9 heteroatoms. The van der Waals surface area contributed by atoms with Crippen LogP contribution in [0.5, 0.6) is 0 Å². The lowest BCUT2D eigenvalue weighted by Crippen LogP contribution is -2.17. The van der Waals surface area contributed by atoms with Crippen molar-refractivity contribution in [1.29, 1.82) is 0 Å². The van der Waals surface area contributed by atoms with Crippen molar-refractivity contribution in [3.8, 4) is 0 Å². The van der Waals surface area contributed by atoms with E-state index < -0.39 is 0 Å². The lowest BCUT2D eigenvalue weighted by atomic mass is 10.4. The first-order valence-electron chi connectivity index (χ1n) is 4.59. The van der Waals surface area contributed by atoms with Gasteiger partial charge in [0.15, 0.2) is 0 Å². The van der Waals surface area contributed by atoms with Gasteiger partial charge in [-0.15, -0.1) is 0 Å². The first-order valence-corrected chi connectivity index (χ1v) is 4.59. The molecule has 16 heavy (non-hydrogen) atoms. The molecular weight excluding hydrogens is 212 g/mol. The van der Waals surface area contributed by atoms with Crippen molar-refractivity contribution in [3.63, 3.8) is 0 Å². The number of rotatable bonds is 5. The SMILES string of the molecule is O=C(CCNc1ncn[nH]1)Nc1ncn[nH]1. The minimum absolute atomic E-state index is 0.163. The third-order valence-corrected chi connectivity index (χ3v) is 1.73. The molecule has 1 amide bonds. The molecule has 0 atom stereocenters. The van der Waals surface area contributed by atoms with Crippen molar-refractivity contribution in [1.82, 2.24) is 30.4 Å². The van der Waals surface area contributed by atoms with Gasteiger partial charge in [0.1, 0.15) is 12.7 Å². The summed E-state index contributed by atoms with van der Waals surface area (Å²) in [6.07, 6.45) is 3.00. The number of hydrogen-bond acceptors (Lipinski definition) is 6. The van der Waals surface area contributed by atoms with Crippen LogP contribution in [0.15, 0.2) is 12.7 Å². The molecule has 0 radical (unpaired) electrons. The number of carbonyl (C=O) groups is 1. The van der Waals surface area contributed by atoms with Gasteiger partial charge in [0, 0.05) is 13.0 Å². The van der Waals surface area contributed by atoms with Crippen molar-refractivity contribution >= 4 is 17.8 Å². The summed E-state index contributed by atoms with van der Waals surface area (Å²) in [4.78, 5) is 19.0. The van der Waals surface area contributed by atoms with E-state index in [1.807, 2.05) is 0 Å². The van der Waals surface area contributed by atoms with Crippen LogP contribution in [0.2, 0.25) is 0 Å². The lowest BCUT2D eigenvalue weighted by Gasteiger charge is -2.02. The van der Waals surface area contributed by atoms with Gasteiger partial charge >= 0.3 is 0 Å². The Morgan fingerprint density at radius 3 is 2.50 bits per heavy atom. The molecule has 2 aromatic heterocycles. The maximum absolute atomic E-state index is 11.4. The fraction of sp³-hybridized carbons (Fsp3) is 0.286. The summed E-state index contributed by atoms with van der Waals surface area (Å²) in [5.74, 6) is 0.709. The number of carbonyl (C=O) groups excluding carboxylic acids is 1. The monoisotopic (exact) mass is 222 g/mol. The van der Waals surface area contributed by atoms with Crippen molar-refractivity contribution in [2.75, 3.05) is 17.2 Å². The quantitative estimate of drug-likeness (QED) is 0.533. The molecule has 0 unspecified atom stereocenters. The minimum Gasteiger partial charge on any atom is -0.354 e. The highest BCUT2D eigenvalue weighted by atomic mass is 16.1. The number of aromatic amines is 2. The molecule has 0 bridgehead atoms. The Labute approximate surface area is 90.1 Å². The largest absolute Gasteiger partial charge is 0.354 e. The summed E-state index contributed by atoms with van der Waals surface area (Å²) in [6.45, 7) is 0.454. The zero-order valence-corrected chi connectivity index (χ0v) is 8.27. The van der Waals surface area contributed by atoms with E-state index in [0.717, 1.165) is 0 Å². The molecule has 0 fully saturated rings. The molecule has 0 spiro atoms. The molecule has 2 aromatic rings. The van der Waals surface area contributed by atoms with E-state index >= 15 is 0 Å². The summed E-state index contributed by atoms with van der Waals surface area (Å²) in [5, 5.41) is 17.9. The number of hydrogen-bond donors (Lipinski definition) is 4. The lowest BCUT2D eigenvalue weighted by molar-refractivity contribution is -0.116. The van der Waals surface area contributed by atoms with E-state index in [4.69, 9.17) is 0 Å². The number of aromatic nitrogens is 6. The molecule has 0 aliphatic heterocycles. The third-order valence-electron chi connectivity index (χ3n) is 1.73. The van der Waals surface area contributed by atoms with Crippen molar-refractivity contribution in [2.45, 2.75) is 6.42 Å². The van der Waals surface area contributed by atoms with Crippen LogP contribution in [0.1, 0.15) is 6.42 Å². The second kappa shape index (κ2) is 4.87. The third kappa shape index (κ3) is 2.77. The first kappa shape index (κ1) is 10.1. The van der Waals surface area contributed by atoms with Crippen LogP contribution in [-0.4, -0.2) is 42.8 Å². The Bertz CT molecular complexity index is 421. The summed E-state index contributed by atoms with van der Waals surface area (Å²) >= 11 is 0. The molecule has 2 rings (SSSR count). The number of H-pyrrole nitrogens is 2. The van der Waals surface area contributed by atoms with Crippen LogP contribution in [-0.2, 0) is 4.79 Å². The first-order chi connectivity index (χ1) is 7.84. The summed E-state index contributed by atoms with van der Waals surface area (Å²) < 4.78 is 0. The normalized spacial score (nSPS) is 10.0. The molecule has 0 aliphatic carbocycles. The molecule has 0 aliphatic rings. The van der Waals surface area contributed by atoms with Gasteiger partial charge in [-0.3, -0.25) is 10.1 Å². The van der Waals surface area contributed by atoms with E-state index in [-0.39, 0.29) is 5.91 Å². The summed E-state index contributed by atoms with van der Waals surface area (Å²) in [6, 6.07) is 0. The van der Waals surface area contributed by atoms with E-state index in [2.05, 4.69) is 41.0 Å². The van der Waals surface area contributed by atoms with E-state index in [1.54, 1.807) is 0 Å². The van der Waals surface area contributed by atoms with Crippen LogP contribution < -0.4 is 10.6 Å².